The normalized spacial score (nSPS) is 10.7. The third kappa shape index (κ3) is 3.51. The molecule has 0 atom stereocenters. The van der Waals surface area contributed by atoms with Gasteiger partial charge in [0, 0.05) is 12.1 Å². The third-order valence-electron chi connectivity index (χ3n) is 3.96. The number of nitrogens with zero attached hydrogens (tertiary/aromatic N) is 3. The second-order valence-electron chi connectivity index (χ2n) is 5.82. The number of para-hydroxylation sites is 1. The predicted molar refractivity (Wildman–Crippen MR) is 103 cm³/mol. The molecule has 2 aromatic carbocycles. The lowest BCUT2D eigenvalue weighted by Crippen LogP contribution is -2.07. The summed E-state index contributed by atoms with van der Waals surface area (Å²) in [5, 5.41) is 26.3. The first-order chi connectivity index (χ1) is 13.2. The van der Waals surface area contributed by atoms with Crippen LogP contribution in [0.15, 0.2) is 36.4 Å². The summed E-state index contributed by atoms with van der Waals surface area (Å²) in [5.41, 5.74) is -0.682. The SMILES string of the molecule is Cc1nn(C)c(O)c1C(=O)c1cccc(Oc2ccc(Cl)cc2Cl)c1[N+](=O)[O-]. The Morgan fingerprint density at radius 1 is 1.25 bits per heavy atom. The first kappa shape index (κ1) is 19.7. The third-order valence-corrected chi connectivity index (χ3v) is 4.49. The van der Waals surface area contributed by atoms with Crippen LogP contribution in [0.5, 0.6) is 17.4 Å². The van der Waals surface area contributed by atoms with Crippen molar-refractivity contribution in [2.24, 2.45) is 7.05 Å². The number of benzene rings is 2. The highest BCUT2D eigenvalue weighted by molar-refractivity contribution is 6.35. The fourth-order valence-electron chi connectivity index (χ4n) is 2.70. The van der Waals surface area contributed by atoms with Crippen molar-refractivity contribution in [3.05, 3.63) is 73.4 Å². The number of carbonyl (C=O) groups excluding carboxylic acids is 1. The van der Waals surface area contributed by atoms with Gasteiger partial charge in [0.15, 0.2) is 0 Å². The molecule has 1 heterocycles. The second-order valence-corrected chi connectivity index (χ2v) is 6.67. The zero-order chi connectivity index (χ0) is 20.6. The largest absolute Gasteiger partial charge is 0.493 e. The number of hydrogen-bond donors (Lipinski definition) is 1. The number of ketones is 1. The Labute approximate surface area is 169 Å². The van der Waals surface area contributed by atoms with E-state index >= 15 is 0 Å². The maximum Gasteiger partial charge on any atom is 0.322 e. The second kappa shape index (κ2) is 7.49. The van der Waals surface area contributed by atoms with Crippen LogP contribution in [-0.4, -0.2) is 25.6 Å². The van der Waals surface area contributed by atoms with Gasteiger partial charge in [-0.15, -0.1) is 0 Å². The number of carbonyl (C=O) groups is 1. The molecule has 0 bridgehead atoms. The van der Waals surface area contributed by atoms with E-state index in [0.717, 1.165) is 4.68 Å². The summed E-state index contributed by atoms with van der Waals surface area (Å²) in [6.45, 7) is 1.52. The van der Waals surface area contributed by atoms with Gasteiger partial charge in [-0.1, -0.05) is 29.3 Å². The van der Waals surface area contributed by atoms with Crippen molar-refractivity contribution >= 4 is 34.7 Å². The Bertz CT molecular complexity index is 1110. The van der Waals surface area contributed by atoms with E-state index in [0.29, 0.717) is 5.02 Å². The number of halogens is 2. The van der Waals surface area contributed by atoms with Crippen molar-refractivity contribution in [1.82, 2.24) is 9.78 Å². The van der Waals surface area contributed by atoms with Crippen LogP contribution in [0.4, 0.5) is 5.69 Å². The topological polar surface area (TPSA) is 107 Å². The maximum atomic E-state index is 12.9. The summed E-state index contributed by atoms with van der Waals surface area (Å²) < 4.78 is 6.69. The van der Waals surface area contributed by atoms with E-state index in [1.165, 1.54) is 50.4 Å². The molecule has 0 unspecified atom stereocenters. The molecular formula is C18H13Cl2N3O5. The zero-order valence-corrected chi connectivity index (χ0v) is 16.2. The molecule has 0 aliphatic heterocycles. The number of ether oxygens (including phenoxy) is 1. The Morgan fingerprint density at radius 3 is 2.54 bits per heavy atom. The van der Waals surface area contributed by atoms with Crippen LogP contribution in [0.25, 0.3) is 0 Å². The number of aryl methyl sites for hydroxylation is 2. The molecule has 0 radical (unpaired) electrons. The number of rotatable bonds is 5. The molecule has 0 aliphatic rings. The minimum absolute atomic E-state index is 0.118. The molecule has 0 aliphatic carbocycles. The standard InChI is InChI=1S/C18H13Cl2N3O5/c1-9-15(18(25)22(2)21-9)17(24)11-4-3-5-14(16(11)23(26)27)28-13-7-6-10(19)8-12(13)20/h3-8,25H,1-2H3. The molecule has 3 aromatic rings. The van der Waals surface area contributed by atoms with Crippen molar-refractivity contribution in [3.8, 4) is 17.4 Å². The molecule has 8 nitrogen and oxygen atoms in total. The summed E-state index contributed by atoms with van der Waals surface area (Å²) in [7, 11) is 1.45. The van der Waals surface area contributed by atoms with Gasteiger partial charge in [0.1, 0.15) is 16.9 Å². The molecule has 10 heteroatoms. The van der Waals surface area contributed by atoms with Crippen molar-refractivity contribution in [2.45, 2.75) is 6.92 Å². The average Bonchev–Trinajstić information content (AvgIpc) is 2.88. The predicted octanol–water partition coefficient (Wildman–Crippen LogP) is 4.67. The van der Waals surface area contributed by atoms with Gasteiger partial charge in [-0.25, -0.2) is 4.68 Å². The van der Waals surface area contributed by atoms with Gasteiger partial charge in [0.2, 0.25) is 17.4 Å². The molecule has 1 aromatic heterocycles. The van der Waals surface area contributed by atoms with Gasteiger partial charge in [0.25, 0.3) is 0 Å². The Morgan fingerprint density at radius 2 is 1.96 bits per heavy atom. The molecule has 3 rings (SSSR count). The van der Waals surface area contributed by atoms with Gasteiger partial charge < -0.3 is 9.84 Å². The van der Waals surface area contributed by atoms with Crippen LogP contribution in [-0.2, 0) is 7.05 Å². The van der Waals surface area contributed by atoms with Crippen LogP contribution in [0.1, 0.15) is 21.6 Å². The van der Waals surface area contributed by atoms with E-state index in [2.05, 4.69) is 5.10 Å². The van der Waals surface area contributed by atoms with E-state index < -0.39 is 16.4 Å². The summed E-state index contributed by atoms with van der Waals surface area (Å²) in [4.78, 5) is 23.9. The van der Waals surface area contributed by atoms with Gasteiger partial charge in [0.05, 0.1) is 15.6 Å². The Balaban J connectivity index is 2.12. The zero-order valence-electron chi connectivity index (χ0n) is 14.6. The van der Waals surface area contributed by atoms with Crippen LogP contribution in [0, 0.1) is 17.0 Å². The van der Waals surface area contributed by atoms with E-state index in [1.807, 2.05) is 0 Å². The van der Waals surface area contributed by atoms with Crippen LogP contribution < -0.4 is 4.74 Å². The molecular weight excluding hydrogens is 409 g/mol. The first-order valence-electron chi connectivity index (χ1n) is 7.88. The van der Waals surface area contributed by atoms with Crippen LogP contribution in [0.2, 0.25) is 10.0 Å². The van der Waals surface area contributed by atoms with Gasteiger partial charge >= 0.3 is 5.69 Å². The van der Waals surface area contributed by atoms with Crippen LogP contribution >= 0.6 is 23.2 Å². The molecule has 1 N–H and O–H groups in total. The van der Waals surface area contributed by atoms with E-state index in [4.69, 9.17) is 27.9 Å². The fraction of sp³-hybridized carbons (Fsp3) is 0.111. The van der Waals surface area contributed by atoms with Gasteiger partial charge in [-0.2, -0.15) is 5.10 Å². The monoisotopic (exact) mass is 421 g/mol. The average molecular weight is 422 g/mol. The molecule has 0 saturated heterocycles. The van der Waals surface area contributed by atoms with Crippen molar-refractivity contribution < 1.29 is 19.6 Å². The summed E-state index contributed by atoms with van der Waals surface area (Å²) in [5.74, 6) is -1.17. The lowest BCUT2D eigenvalue weighted by atomic mass is 10.0. The summed E-state index contributed by atoms with van der Waals surface area (Å²) in [6.07, 6.45) is 0. The maximum absolute atomic E-state index is 12.9. The number of aromatic nitrogens is 2. The first-order valence-corrected chi connectivity index (χ1v) is 8.64. The minimum Gasteiger partial charge on any atom is -0.493 e. The van der Waals surface area contributed by atoms with Crippen molar-refractivity contribution in [2.75, 3.05) is 0 Å². The number of nitro benzene ring substituents is 1. The molecule has 28 heavy (non-hydrogen) atoms. The molecule has 0 amide bonds. The Hall–Kier alpha value is -3.10. The lowest BCUT2D eigenvalue weighted by Gasteiger charge is -2.10. The highest BCUT2D eigenvalue weighted by atomic mass is 35.5. The molecule has 0 fully saturated rings. The van der Waals surface area contributed by atoms with E-state index in [1.54, 1.807) is 0 Å². The van der Waals surface area contributed by atoms with E-state index in [-0.39, 0.29) is 39.2 Å². The highest BCUT2D eigenvalue weighted by Gasteiger charge is 2.31. The minimum atomic E-state index is -0.748. The molecule has 144 valence electrons. The number of hydrogen-bond acceptors (Lipinski definition) is 6. The summed E-state index contributed by atoms with van der Waals surface area (Å²) in [6, 6.07) is 8.46. The highest BCUT2D eigenvalue weighted by Crippen LogP contribution is 2.39. The van der Waals surface area contributed by atoms with Gasteiger partial charge in [-0.05, 0) is 37.3 Å². The number of nitro groups is 1. The van der Waals surface area contributed by atoms with Crippen molar-refractivity contribution in [1.29, 1.82) is 0 Å². The lowest BCUT2D eigenvalue weighted by molar-refractivity contribution is -0.385. The summed E-state index contributed by atoms with van der Waals surface area (Å²) >= 11 is 11.9. The smallest absolute Gasteiger partial charge is 0.322 e. The van der Waals surface area contributed by atoms with E-state index in [9.17, 15) is 20.0 Å². The quantitative estimate of drug-likeness (QED) is 0.364. The van der Waals surface area contributed by atoms with Crippen LogP contribution in [0.3, 0.4) is 0 Å². The molecule has 0 spiro atoms. The number of aromatic hydroxyl groups is 1. The molecule has 0 saturated carbocycles. The fourth-order valence-corrected chi connectivity index (χ4v) is 3.15. The van der Waals surface area contributed by atoms with Gasteiger partial charge in [-0.3, -0.25) is 14.9 Å². The Kier molecular flexibility index (Phi) is 5.26. The van der Waals surface area contributed by atoms with Crippen molar-refractivity contribution in [3.63, 3.8) is 0 Å².